The van der Waals surface area contributed by atoms with Crippen molar-refractivity contribution in [3.05, 3.63) is 60.2 Å². The van der Waals surface area contributed by atoms with Crippen molar-refractivity contribution in [1.29, 1.82) is 0 Å². The fraction of sp³-hybridized carbons (Fsp3) is 0.316. The molecule has 2 aromatic carbocycles. The molecule has 0 saturated heterocycles. The molecule has 0 radical (unpaired) electrons. The Morgan fingerprint density at radius 1 is 1.21 bits per heavy atom. The van der Waals surface area contributed by atoms with Crippen molar-refractivity contribution < 1.29 is 14.6 Å². The summed E-state index contributed by atoms with van der Waals surface area (Å²) >= 11 is 0. The van der Waals surface area contributed by atoms with Crippen LogP contribution >= 0.6 is 0 Å². The van der Waals surface area contributed by atoms with E-state index in [-0.39, 0.29) is 18.7 Å². The highest BCUT2D eigenvalue weighted by Gasteiger charge is 2.20. The minimum atomic E-state index is -0.201. The molecule has 2 N–H and O–H groups in total. The lowest BCUT2D eigenvalue weighted by atomic mass is 10.1. The van der Waals surface area contributed by atoms with Crippen LogP contribution < -0.4 is 10.1 Å². The third-order valence-electron chi connectivity index (χ3n) is 3.86. The van der Waals surface area contributed by atoms with E-state index in [0.717, 1.165) is 5.56 Å². The van der Waals surface area contributed by atoms with E-state index in [1.807, 2.05) is 55.5 Å². The standard InChI is InChI=1S/C19H24N2O3/c1-15(11-12-22)21(14-16-7-4-3-5-8-16)19(23)20-17-9-6-10-18(13-17)24-2/h3-10,13,15,22H,11-12,14H2,1-2H3,(H,20,23). The molecule has 128 valence electrons. The van der Waals surface area contributed by atoms with Gasteiger partial charge in [-0.05, 0) is 31.0 Å². The van der Waals surface area contributed by atoms with E-state index in [9.17, 15) is 9.90 Å². The van der Waals surface area contributed by atoms with Gasteiger partial charge in [-0.3, -0.25) is 0 Å². The molecule has 0 aliphatic heterocycles. The number of methoxy groups -OCH3 is 1. The van der Waals surface area contributed by atoms with Crippen LogP contribution in [0.2, 0.25) is 0 Å². The molecule has 24 heavy (non-hydrogen) atoms. The van der Waals surface area contributed by atoms with Gasteiger partial charge in [0.2, 0.25) is 0 Å². The maximum absolute atomic E-state index is 12.7. The van der Waals surface area contributed by atoms with Crippen molar-refractivity contribution in [2.45, 2.75) is 25.9 Å². The highest BCUT2D eigenvalue weighted by molar-refractivity contribution is 5.89. The van der Waals surface area contributed by atoms with E-state index in [0.29, 0.717) is 24.4 Å². The number of carbonyl (C=O) groups is 1. The SMILES string of the molecule is COc1cccc(NC(=O)N(Cc2ccccc2)C(C)CCO)c1. The minimum absolute atomic E-state index is 0.0406. The highest BCUT2D eigenvalue weighted by Crippen LogP contribution is 2.19. The fourth-order valence-electron chi connectivity index (χ4n) is 2.45. The normalized spacial score (nSPS) is 11.6. The molecule has 1 atom stereocenters. The predicted octanol–water partition coefficient (Wildman–Crippen LogP) is 3.50. The maximum atomic E-state index is 12.7. The van der Waals surface area contributed by atoms with E-state index < -0.39 is 0 Å². The van der Waals surface area contributed by atoms with Crippen molar-refractivity contribution in [3.8, 4) is 5.75 Å². The second-order valence-electron chi connectivity index (χ2n) is 5.64. The Kier molecular flexibility index (Phi) is 6.63. The lowest BCUT2D eigenvalue weighted by Crippen LogP contribution is -2.41. The Morgan fingerprint density at radius 2 is 1.96 bits per heavy atom. The Bertz CT molecular complexity index is 646. The van der Waals surface area contributed by atoms with E-state index in [4.69, 9.17) is 4.74 Å². The summed E-state index contributed by atoms with van der Waals surface area (Å²) in [5.41, 5.74) is 1.72. The van der Waals surface area contributed by atoms with Gasteiger partial charge in [0.05, 0.1) is 7.11 Å². The largest absolute Gasteiger partial charge is 0.497 e. The van der Waals surface area contributed by atoms with Gasteiger partial charge in [-0.15, -0.1) is 0 Å². The summed E-state index contributed by atoms with van der Waals surface area (Å²) in [5.74, 6) is 0.686. The van der Waals surface area contributed by atoms with Gasteiger partial charge in [0.1, 0.15) is 5.75 Å². The topological polar surface area (TPSA) is 61.8 Å². The number of rotatable bonds is 7. The van der Waals surface area contributed by atoms with E-state index in [1.165, 1.54) is 0 Å². The first-order valence-corrected chi connectivity index (χ1v) is 8.00. The van der Waals surface area contributed by atoms with Crippen LogP contribution in [0.1, 0.15) is 18.9 Å². The monoisotopic (exact) mass is 328 g/mol. The van der Waals surface area contributed by atoms with Crippen LogP contribution in [0.3, 0.4) is 0 Å². The first kappa shape index (κ1) is 17.8. The lowest BCUT2D eigenvalue weighted by Gasteiger charge is -2.29. The first-order chi connectivity index (χ1) is 11.6. The van der Waals surface area contributed by atoms with Crippen LogP contribution in [0.5, 0.6) is 5.75 Å². The molecular weight excluding hydrogens is 304 g/mol. The Morgan fingerprint density at radius 3 is 2.62 bits per heavy atom. The van der Waals surface area contributed by atoms with Crippen LogP contribution in [0.15, 0.2) is 54.6 Å². The van der Waals surface area contributed by atoms with Gasteiger partial charge in [-0.1, -0.05) is 36.4 Å². The number of hydrogen-bond donors (Lipinski definition) is 2. The Labute approximate surface area is 142 Å². The molecule has 0 aliphatic rings. The second-order valence-corrected chi connectivity index (χ2v) is 5.64. The van der Waals surface area contributed by atoms with Gasteiger partial charge in [0, 0.05) is 30.9 Å². The van der Waals surface area contributed by atoms with Gasteiger partial charge in [-0.2, -0.15) is 0 Å². The predicted molar refractivity (Wildman–Crippen MR) is 95.2 cm³/mol. The van der Waals surface area contributed by atoms with Crippen LogP contribution in [-0.4, -0.2) is 35.8 Å². The zero-order valence-electron chi connectivity index (χ0n) is 14.1. The van der Waals surface area contributed by atoms with Gasteiger partial charge in [-0.25, -0.2) is 4.79 Å². The number of aliphatic hydroxyl groups is 1. The summed E-state index contributed by atoms with van der Waals surface area (Å²) in [6, 6.07) is 16.8. The number of benzene rings is 2. The summed E-state index contributed by atoms with van der Waals surface area (Å²) in [7, 11) is 1.59. The summed E-state index contributed by atoms with van der Waals surface area (Å²) in [6.45, 7) is 2.46. The molecule has 0 saturated carbocycles. The number of ether oxygens (including phenoxy) is 1. The number of nitrogens with one attached hydrogen (secondary N) is 1. The van der Waals surface area contributed by atoms with Crippen molar-refractivity contribution in [1.82, 2.24) is 4.90 Å². The third kappa shape index (κ3) is 4.99. The van der Waals surface area contributed by atoms with Crippen molar-refractivity contribution in [2.75, 3.05) is 19.0 Å². The zero-order chi connectivity index (χ0) is 17.4. The first-order valence-electron chi connectivity index (χ1n) is 8.00. The Balaban J connectivity index is 2.14. The van der Waals surface area contributed by atoms with Crippen molar-refractivity contribution in [2.24, 2.45) is 0 Å². The number of hydrogen-bond acceptors (Lipinski definition) is 3. The number of aliphatic hydroxyl groups excluding tert-OH is 1. The smallest absolute Gasteiger partial charge is 0.322 e. The quantitative estimate of drug-likeness (QED) is 0.818. The van der Waals surface area contributed by atoms with E-state index >= 15 is 0 Å². The molecule has 0 fully saturated rings. The highest BCUT2D eigenvalue weighted by atomic mass is 16.5. The van der Waals surface area contributed by atoms with E-state index in [1.54, 1.807) is 18.1 Å². The molecule has 0 aromatic heterocycles. The maximum Gasteiger partial charge on any atom is 0.322 e. The average molecular weight is 328 g/mol. The molecule has 5 heteroatoms. The van der Waals surface area contributed by atoms with Gasteiger partial charge in [0.15, 0.2) is 0 Å². The van der Waals surface area contributed by atoms with Gasteiger partial charge >= 0.3 is 6.03 Å². The van der Waals surface area contributed by atoms with Crippen LogP contribution in [0.4, 0.5) is 10.5 Å². The molecule has 5 nitrogen and oxygen atoms in total. The molecule has 2 aromatic rings. The summed E-state index contributed by atoms with van der Waals surface area (Å²) in [5, 5.41) is 12.1. The zero-order valence-corrected chi connectivity index (χ0v) is 14.1. The molecule has 1 unspecified atom stereocenters. The Hall–Kier alpha value is -2.53. The number of amides is 2. The molecule has 0 heterocycles. The number of nitrogens with zero attached hydrogens (tertiary/aromatic N) is 1. The average Bonchev–Trinajstić information content (AvgIpc) is 2.60. The molecular formula is C19H24N2O3. The second kappa shape index (κ2) is 8.93. The number of carbonyl (C=O) groups excluding carboxylic acids is 1. The van der Waals surface area contributed by atoms with Crippen LogP contribution in [0.25, 0.3) is 0 Å². The molecule has 0 aliphatic carbocycles. The lowest BCUT2D eigenvalue weighted by molar-refractivity contribution is 0.169. The van der Waals surface area contributed by atoms with Gasteiger partial charge in [0.25, 0.3) is 0 Å². The molecule has 2 rings (SSSR count). The van der Waals surface area contributed by atoms with Crippen molar-refractivity contribution in [3.63, 3.8) is 0 Å². The van der Waals surface area contributed by atoms with Gasteiger partial charge < -0.3 is 20.1 Å². The molecule has 0 spiro atoms. The summed E-state index contributed by atoms with van der Waals surface area (Å²) in [6.07, 6.45) is 0.526. The molecule has 0 bridgehead atoms. The van der Waals surface area contributed by atoms with Crippen LogP contribution in [-0.2, 0) is 6.54 Å². The minimum Gasteiger partial charge on any atom is -0.497 e. The fourth-order valence-corrected chi connectivity index (χ4v) is 2.45. The third-order valence-corrected chi connectivity index (χ3v) is 3.86. The number of urea groups is 1. The van der Waals surface area contributed by atoms with Crippen LogP contribution in [0, 0.1) is 0 Å². The molecule has 2 amide bonds. The summed E-state index contributed by atoms with van der Waals surface area (Å²) < 4.78 is 5.18. The number of anilines is 1. The van der Waals surface area contributed by atoms with Crippen molar-refractivity contribution >= 4 is 11.7 Å². The van der Waals surface area contributed by atoms with E-state index in [2.05, 4.69) is 5.32 Å². The summed E-state index contributed by atoms with van der Waals surface area (Å²) in [4.78, 5) is 14.5.